The zero-order valence-electron chi connectivity index (χ0n) is 7.75. The van der Waals surface area contributed by atoms with E-state index in [1.807, 2.05) is 0 Å². The van der Waals surface area contributed by atoms with Crippen LogP contribution in [0.2, 0.25) is 0 Å². The Morgan fingerprint density at radius 2 is 2.13 bits per heavy atom. The largest absolute Gasteiger partial charge is 0.419 e. The predicted octanol–water partition coefficient (Wildman–Crippen LogP) is 0.883. The first-order valence-electron chi connectivity index (χ1n) is 4.20. The average Bonchev–Trinajstić information content (AvgIpc) is 2.18. The summed E-state index contributed by atoms with van der Waals surface area (Å²) in [6.45, 7) is -0.348. The first kappa shape index (κ1) is 11.1. The van der Waals surface area contributed by atoms with E-state index in [1.54, 1.807) is 0 Å². The van der Waals surface area contributed by atoms with E-state index in [-0.39, 0.29) is 24.5 Å². The predicted molar refractivity (Wildman–Crippen MR) is 50.4 cm³/mol. The molecular formula is C9H9NO5. The Kier molecular flexibility index (Phi) is 3.75. The molecule has 0 fully saturated rings. The summed E-state index contributed by atoms with van der Waals surface area (Å²) in [7, 11) is 0. The van der Waals surface area contributed by atoms with E-state index in [4.69, 9.17) is 9.84 Å². The van der Waals surface area contributed by atoms with Gasteiger partial charge in [0.05, 0.1) is 18.0 Å². The lowest BCUT2D eigenvalue weighted by Crippen LogP contribution is -2.10. The van der Waals surface area contributed by atoms with Crippen molar-refractivity contribution in [3.05, 3.63) is 34.4 Å². The molecule has 0 aliphatic heterocycles. The summed E-state index contributed by atoms with van der Waals surface area (Å²) in [6, 6.07) is 5.56. The van der Waals surface area contributed by atoms with Crippen LogP contribution >= 0.6 is 0 Å². The Bertz CT molecular complexity index is 377. The van der Waals surface area contributed by atoms with Gasteiger partial charge in [0.2, 0.25) is 5.75 Å². The normalized spacial score (nSPS) is 9.67. The summed E-state index contributed by atoms with van der Waals surface area (Å²) in [5.74, 6) is -0.812. The van der Waals surface area contributed by atoms with E-state index in [2.05, 4.69) is 0 Å². The molecule has 0 aliphatic rings. The number of nitro groups is 1. The van der Waals surface area contributed by atoms with Crippen molar-refractivity contribution in [1.82, 2.24) is 0 Å². The molecule has 0 bridgehead atoms. The van der Waals surface area contributed by atoms with E-state index in [1.165, 1.54) is 24.3 Å². The van der Waals surface area contributed by atoms with Crippen molar-refractivity contribution in [2.45, 2.75) is 6.42 Å². The maximum absolute atomic E-state index is 11.0. The van der Waals surface area contributed by atoms with Gasteiger partial charge in [0.1, 0.15) is 0 Å². The number of esters is 1. The van der Waals surface area contributed by atoms with Gasteiger partial charge in [0.15, 0.2) is 0 Å². The van der Waals surface area contributed by atoms with Gasteiger partial charge in [-0.2, -0.15) is 0 Å². The molecule has 1 aromatic rings. The van der Waals surface area contributed by atoms with Gasteiger partial charge in [-0.15, -0.1) is 0 Å². The Balaban J connectivity index is 2.84. The van der Waals surface area contributed by atoms with Gasteiger partial charge in [-0.25, -0.2) is 0 Å². The van der Waals surface area contributed by atoms with Gasteiger partial charge in [0, 0.05) is 6.07 Å². The van der Waals surface area contributed by atoms with Crippen molar-refractivity contribution >= 4 is 11.7 Å². The molecule has 6 heteroatoms. The Labute approximate surface area is 85.2 Å². The van der Waals surface area contributed by atoms with Crippen LogP contribution in [-0.4, -0.2) is 22.6 Å². The van der Waals surface area contributed by atoms with Crippen molar-refractivity contribution in [3.8, 4) is 5.75 Å². The second kappa shape index (κ2) is 5.06. The second-order valence-electron chi connectivity index (χ2n) is 2.67. The Morgan fingerprint density at radius 1 is 1.47 bits per heavy atom. The van der Waals surface area contributed by atoms with Crippen LogP contribution in [0.25, 0.3) is 0 Å². The van der Waals surface area contributed by atoms with E-state index in [0.717, 1.165) is 0 Å². The molecule has 15 heavy (non-hydrogen) atoms. The minimum atomic E-state index is -0.702. The summed E-state index contributed by atoms with van der Waals surface area (Å²) < 4.78 is 4.71. The number of aliphatic hydroxyl groups is 1. The third-order valence-electron chi connectivity index (χ3n) is 1.60. The van der Waals surface area contributed by atoms with Crippen LogP contribution in [0.1, 0.15) is 6.42 Å². The van der Waals surface area contributed by atoms with Crippen LogP contribution in [0.15, 0.2) is 24.3 Å². The lowest BCUT2D eigenvalue weighted by Gasteiger charge is -2.02. The Hall–Kier alpha value is -1.95. The van der Waals surface area contributed by atoms with Gasteiger partial charge in [0.25, 0.3) is 0 Å². The number of carbonyl (C=O) groups excluding carboxylic acids is 1. The topological polar surface area (TPSA) is 89.7 Å². The number of nitro benzene ring substituents is 1. The molecule has 0 aliphatic carbocycles. The monoisotopic (exact) mass is 211 g/mol. The quantitative estimate of drug-likeness (QED) is 0.345. The van der Waals surface area contributed by atoms with E-state index < -0.39 is 10.9 Å². The molecule has 0 heterocycles. The zero-order chi connectivity index (χ0) is 11.3. The highest BCUT2D eigenvalue weighted by atomic mass is 16.6. The molecule has 0 saturated carbocycles. The fourth-order valence-electron chi connectivity index (χ4n) is 0.959. The molecule has 1 rings (SSSR count). The number of ether oxygens (including phenoxy) is 1. The van der Waals surface area contributed by atoms with Gasteiger partial charge < -0.3 is 9.84 Å². The van der Waals surface area contributed by atoms with Crippen LogP contribution in [0.3, 0.4) is 0 Å². The number of hydrogen-bond donors (Lipinski definition) is 1. The molecule has 0 spiro atoms. The van der Waals surface area contributed by atoms with Gasteiger partial charge in [-0.1, -0.05) is 12.1 Å². The van der Waals surface area contributed by atoms with Crippen LogP contribution in [0, 0.1) is 10.1 Å². The molecule has 0 aromatic heterocycles. The molecule has 0 atom stereocenters. The molecular weight excluding hydrogens is 202 g/mol. The minimum Gasteiger partial charge on any atom is -0.419 e. The van der Waals surface area contributed by atoms with Gasteiger partial charge in [-0.3, -0.25) is 14.9 Å². The fraction of sp³-hybridized carbons (Fsp3) is 0.222. The van der Waals surface area contributed by atoms with Crippen LogP contribution in [0.5, 0.6) is 5.75 Å². The highest BCUT2D eigenvalue weighted by Gasteiger charge is 2.16. The van der Waals surface area contributed by atoms with E-state index >= 15 is 0 Å². The van der Waals surface area contributed by atoms with Crippen LogP contribution in [0.4, 0.5) is 5.69 Å². The van der Waals surface area contributed by atoms with Crippen molar-refractivity contribution in [2.75, 3.05) is 6.61 Å². The maximum Gasteiger partial charge on any atom is 0.313 e. The highest BCUT2D eigenvalue weighted by Crippen LogP contribution is 2.25. The molecule has 0 saturated heterocycles. The lowest BCUT2D eigenvalue weighted by molar-refractivity contribution is -0.385. The van der Waals surface area contributed by atoms with Crippen molar-refractivity contribution < 1.29 is 19.6 Å². The number of hydrogen-bond acceptors (Lipinski definition) is 5. The molecule has 0 unspecified atom stereocenters. The van der Waals surface area contributed by atoms with Gasteiger partial charge in [-0.05, 0) is 6.07 Å². The summed E-state index contributed by atoms with van der Waals surface area (Å²) in [5, 5.41) is 19.0. The first-order chi connectivity index (χ1) is 7.15. The number of rotatable bonds is 4. The second-order valence-corrected chi connectivity index (χ2v) is 2.67. The minimum absolute atomic E-state index is 0.110. The first-order valence-corrected chi connectivity index (χ1v) is 4.20. The molecule has 6 nitrogen and oxygen atoms in total. The molecule has 80 valence electrons. The van der Waals surface area contributed by atoms with Crippen molar-refractivity contribution in [1.29, 1.82) is 0 Å². The molecule has 1 aromatic carbocycles. The van der Waals surface area contributed by atoms with Crippen molar-refractivity contribution in [2.24, 2.45) is 0 Å². The van der Waals surface area contributed by atoms with E-state index in [9.17, 15) is 14.9 Å². The van der Waals surface area contributed by atoms with E-state index in [0.29, 0.717) is 0 Å². The third-order valence-corrected chi connectivity index (χ3v) is 1.60. The SMILES string of the molecule is O=C(CCO)Oc1ccccc1[N+](=O)[O-]. The summed E-state index contributed by atoms with van der Waals surface area (Å²) in [4.78, 5) is 20.9. The number of aliphatic hydroxyl groups excluding tert-OH is 1. The number of nitrogens with zero attached hydrogens (tertiary/aromatic N) is 1. The van der Waals surface area contributed by atoms with Crippen LogP contribution < -0.4 is 4.74 Å². The standard InChI is InChI=1S/C9H9NO5/c11-6-5-9(12)15-8-4-2-1-3-7(8)10(13)14/h1-4,11H,5-6H2. The van der Waals surface area contributed by atoms with Crippen molar-refractivity contribution in [3.63, 3.8) is 0 Å². The molecule has 0 radical (unpaired) electrons. The Morgan fingerprint density at radius 3 is 2.73 bits per heavy atom. The average molecular weight is 211 g/mol. The molecule has 1 N–H and O–H groups in total. The lowest BCUT2D eigenvalue weighted by atomic mass is 10.3. The highest BCUT2D eigenvalue weighted by molar-refractivity contribution is 5.73. The number of para-hydroxylation sites is 2. The van der Waals surface area contributed by atoms with Crippen LogP contribution in [-0.2, 0) is 4.79 Å². The summed E-state index contributed by atoms with van der Waals surface area (Å²) in [5.41, 5.74) is -0.274. The number of benzene rings is 1. The third kappa shape index (κ3) is 3.03. The number of carbonyl (C=O) groups is 1. The smallest absolute Gasteiger partial charge is 0.313 e. The summed E-state index contributed by atoms with van der Waals surface area (Å²) >= 11 is 0. The summed E-state index contributed by atoms with van der Waals surface area (Å²) in [6.07, 6.45) is -0.188. The maximum atomic E-state index is 11.0. The van der Waals surface area contributed by atoms with Gasteiger partial charge >= 0.3 is 11.7 Å². The zero-order valence-corrected chi connectivity index (χ0v) is 7.75. The molecule has 0 amide bonds. The fourth-order valence-corrected chi connectivity index (χ4v) is 0.959.